The molecule has 220 valence electrons. The highest BCUT2D eigenvalue weighted by Gasteiger charge is 2.23. The lowest BCUT2D eigenvalue weighted by Gasteiger charge is -2.17. The van der Waals surface area contributed by atoms with Gasteiger partial charge in [0.15, 0.2) is 5.69 Å². The lowest BCUT2D eigenvalue weighted by atomic mass is 9.98. The van der Waals surface area contributed by atoms with Crippen molar-refractivity contribution >= 4 is 24.9 Å². The molecule has 1 fully saturated rings. The molecule has 0 spiro atoms. The van der Waals surface area contributed by atoms with E-state index < -0.39 is 18.4 Å². The number of ether oxygens (including phenoxy) is 4. The third kappa shape index (κ3) is 13.1. The Bertz CT molecular complexity index is 1100. The first kappa shape index (κ1) is 33.9. The van der Waals surface area contributed by atoms with Crippen LogP contribution >= 0.6 is 0 Å². The fourth-order valence-electron chi connectivity index (χ4n) is 3.15. The average molecular weight is 560 g/mol. The predicted molar refractivity (Wildman–Crippen MR) is 150 cm³/mol. The zero-order chi connectivity index (χ0) is 30.1. The minimum Gasteiger partial charge on any atom is -0.497 e. The number of nitrogens with one attached hydrogen (secondary N) is 2. The fourth-order valence-corrected chi connectivity index (χ4v) is 3.15. The molecular formula is C29H41N3O8. The van der Waals surface area contributed by atoms with Crippen molar-refractivity contribution in [2.75, 3.05) is 20.2 Å². The molecule has 1 aliphatic carbocycles. The van der Waals surface area contributed by atoms with Gasteiger partial charge in [0.1, 0.15) is 5.75 Å². The number of benzene rings is 1. The minimum atomic E-state index is -1.12. The molecule has 1 unspecified atom stereocenters. The summed E-state index contributed by atoms with van der Waals surface area (Å²) in [4.78, 5) is 47.6. The van der Waals surface area contributed by atoms with Gasteiger partial charge in [-0.3, -0.25) is 9.59 Å². The molecule has 0 aliphatic heterocycles. The molecule has 0 bridgehead atoms. The Hall–Kier alpha value is -4.15. The maximum Gasteiger partial charge on any atom is 0.511 e. The van der Waals surface area contributed by atoms with Crippen molar-refractivity contribution in [2.24, 2.45) is 5.92 Å². The lowest BCUT2D eigenvalue weighted by molar-refractivity contribution is -0.110. The first-order valence-corrected chi connectivity index (χ1v) is 13.1. The van der Waals surface area contributed by atoms with Crippen LogP contribution in [0.15, 0.2) is 30.3 Å². The van der Waals surface area contributed by atoms with Crippen LogP contribution in [-0.2, 0) is 23.8 Å². The number of nitrogens with zero attached hydrogens (tertiary/aromatic N) is 1. The highest BCUT2D eigenvalue weighted by Crippen LogP contribution is 2.30. The van der Waals surface area contributed by atoms with Crippen molar-refractivity contribution in [3.63, 3.8) is 0 Å². The summed E-state index contributed by atoms with van der Waals surface area (Å²) in [5.41, 5.74) is 3.13. The van der Waals surface area contributed by atoms with Crippen molar-refractivity contribution in [1.29, 1.82) is 0 Å². The van der Waals surface area contributed by atoms with Gasteiger partial charge < -0.3 is 29.6 Å². The summed E-state index contributed by atoms with van der Waals surface area (Å²) in [6.45, 7) is 12.0. The Labute approximate surface area is 235 Å². The predicted octanol–water partition coefficient (Wildman–Crippen LogP) is 4.33. The van der Waals surface area contributed by atoms with Crippen molar-refractivity contribution in [1.82, 2.24) is 15.6 Å². The van der Waals surface area contributed by atoms with E-state index in [4.69, 9.17) is 18.9 Å². The van der Waals surface area contributed by atoms with Gasteiger partial charge in [-0.1, -0.05) is 12.1 Å². The number of pyridine rings is 1. The molecule has 1 saturated carbocycles. The maximum absolute atomic E-state index is 12.7. The molecule has 1 heterocycles. The molecule has 1 aromatic heterocycles. The van der Waals surface area contributed by atoms with Gasteiger partial charge in [0, 0.05) is 31.3 Å². The van der Waals surface area contributed by atoms with E-state index >= 15 is 0 Å². The summed E-state index contributed by atoms with van der Waals surface area (Å²) in [5.74, 6) is 0.768. The Morgan fingerprint density at radius 1 is 0.975 bits per heavy atom. The monoisotopic (exact) mass is 559 g/mol. The number of rotatable bonds is 11. The van der Waals surface area contributed by atoms with Crippen molar-refractivity contribution in [2.45, 2.75) is 66.8 Å². The summed E-state index contributed by atoms with van der Waals surface area (Å²) in [6.07, 6.45) is 1.69. The lowest BCUT2D eigenvalue weighted by Crippen LogP contribution is -2.24. The number of methoxy groups -OCH3 is 1. The van der Waals surface area contributed by atoms with Gasteiger partial charge in [0.25, 0.3) is 0 Å². The highest BCUT2D eigenvalue weighted by atomic mass is 16.8. The largest absolute Gasteiger partial charge is 0.511 e. The SMILES string of the molecule is CCNC=O.COc1ccc(C)c(-c2ccc(C)nc2C(=O)OC(C)OC(=O)OC(C)C)c1.O=CNCC1CC1. The van der Waals surface area contributed by atoms with Crippen LogP contribution in [0.25, 0.3) is 11.1 Å². The summed E-state index contributed by atoms with van der Waals surface area (Å²) in [6, 6.07) is 9.19. The van der Waals surface area contributed by atoms with Crippen LogP contribution in [0.4, 0.5) is 4.79 Å². The van der Waals surface area contributed by atoms with Crippen molar-refractivity contribution < 1.29 is 38.1 Å². The summed E-state index contributed by atoms with van der Waals surface area (Å²) in [5, 5.41) is 5.06. The Morgan fingerprint density at radius 2 is 1.65 bits per heavy atom. The zero-order valence-electron chi connectivity index (χ0n) is 24.3. The van der Waals surface area contributed by atoms with Gasteiger partial charge in [-0.05, 0) is 82.7 Å². The standard InChI is InChI=1S/C21H25NO6.C5H9NO.C3H7NO/c1-12(2)26-21(24)28-15(5)27-20(23)19-17(10-8-14(4)22-19)18-11-16(25-6)9-7-13(18)3;7-4-6-3-5-1-2-5;1-2-4-3-5/h7-12,15H,1-6H3;4-5H,1-3H2,(H,6,7);3H,2H2,1H3,(H,4,5). The number of aryl methyl sites for hydroxylation is 2. The normalized spacial score (nSPS) is 12.3. The maximum atomic E-state index is 12.7. The van der Waals surface area contributed by atoms with Crippen molar-refractivity contribution in [3.8, 4) is 16.9 Å². The number of carbonyl (C=O) groups excluding carboxylic acids is 4. The Balaban J connectivity index is 0.000000549. The van der Waals surface area contributed by atoms with Crippen LogP contribution in [0.3, 0.4) is 0 Å². The molecule has 1 atom stereocenters. The number of esters is 1. The zero-order valence-corrected chi connectivity index (χ0v) is 24.3. The van der Waals surface area contributed by atoms with Crippen molar-refractivity contribution in [3.05, 3.63) is 47.3 Å². The summed E-state index contributed by atoms with van der Waals surface area (Å²) >= 11 is 0. The number of hydrogen-bond donors (Lipinski definition) is 2. The van der Waals surface area contributed by atoms with Crippen LogP contribution in [0.5, 0.6) is 5.75 Å². The molecule has 0 radical (unpaired) electrons. The molecule has 1 aliphatic rings. The molecule has 0 saturated heterocycles. The van der Waals surface area contributed by atoms with Crippen LogP contribution in [0.2, 0.25) is 0 Å². The van der Waals surface area contributed by atoms with Gasteiger partial charge in [-0.25, -0.2) is 14.6 Å². The molecule has 40 heavy (non-hydrogen) atoms. The molecular weight excluding hydrogens is 518 g/mol. The van der Waals surface area contributed by atoms with E-state index in [2.05, 4.69) is 15.6 Å². The molecule has 2 N–H and O–H groups in total. The first-order valence-electron chi connectivity index (χ1n) is 13.1. The van der Waals surface area contributed by atoms with E-state index in [0.29, 0.717) is 23.4 Å². The molecule has 3 rings (SSSR count). The van der Waals surface area contributed by atoms with Gasteiger partial charge in [0.05, 0.1) is 13.2 Å². The molecule has 11 heteroatoms. The number of aromatic nitrogens is 1. The smallest absolute Gasteiger partial charge is 0.497 e. The third-order valence-corrected chi connectivity index (χ3v) is 5.30. The summed E-state index contributed by atoms with van der Waals surface area (Å²) in [7, 11) is 1.58. The second-order valence-electron chi connectivity index (χ2n) is 9.18. The quantitative estimate of drug-likeness (QED) is 0.234. The van der Waals surface area contributed by atoms with E-state index in [0.717, 1.165) is 36.5 Å². The molecule has 2 amide bonds. The molecule has 1 aromatic carbocycles. The second kappa shape index (κ2) is 18.2. The van der Waals surface area contributed by atoms with Gasteiger partial charge >= 0.3 is 12.1 Å². The average Bonchev–Trinajstić information content (AvgIpc) is 3.73. The Kier molecular flexibility index (Phi) is 15.4. The second-order valence-corrected chi connectivity index (χ2v) is 9.18. The van der Waals surface area contributed by atoms with Crippen LogP contribution in [0.1, 0.15) is 62.3 Å². The van der Waals surface area contributed by atoms with E-state index in [1.807, 2.05) is 38.1 Å². The highest BCUT2D eigenvalue weighted by molar-refractivity contribution is 5.96. The van der Waals surface area contributed by atoms with Gasteiger partial charge in [0.2, 0.25) is 19.1 Å². The minimum absolute atomic E-state index is 0.129. The third-order valence-electron chi connectivity index (χ3n) is 5.30. The van der Waals surface area contributed by atoms with Gasteiger partial charge in [-0.15, -0.1) is 0 Å². The Morgan fingerprint density at radius 3 is 2.17 bits per heavy atom. The van der Waals surface area contributed by atoms with Gasteiger partial charge in [-0.2, -0.15) is 0 Å². The number of amides is 2. The molecule has 11 nitrogen and oxygen atoms in total. The number of hydrogen-bond acceptors (Lipinski definition) is 9. The van der Waals surface area contributed by atoms with E-state index in [-0.39, 0.29) is 11.8 Å². The summed E-state index contributed by atoms with van der Waals surface area (Å²) < 4.78 is 20.4. The van der Waals surface area contributed by atoms with Crippen LogP contribution in [-0.4, -0.2) is 62.5 Å². The first-order chi connectivity index (χ1) is 19.1. The molecule has 2 aromatic rings. The van der Waals surface area contributed by atoms with E-state index in [1.54, 1.807) is 33.9 Å². The van der Waals surface area contributed by atoms with Crippen LogP contribution < -0.4 is 15.4 Å². The van der Waals surface area contributed by atoms with E-state index in [9.17, 15) is 19.2 Å². The van der Waals surface area contributed by atoms with E-state index in [1.165, 1.54) is 19.8 Å². The fraction of sp³-hybridized carbons (Fsp3) is 0.483. The number of carbonyl (C=O) groups is 4. The van der Waals surface area contributed by atoms with Crippen LogP contribution in [0, 0.1) is 19.8 Å². The topological polar surface area (TPSA) is 142 Å².